The number of phenols is 5. The van der Waals surface area contributed by atoms with Crippen LogP contribution in [0.5, 0.6) is 34.5 Å². The van der Waals surface area contributed by atoms with Crippen molar-refractivity contribution in [2.75, 3.05) is 76.4 Å². The summed E-state index contributed by atoms with van der Waals surface area (Å²) >= 11 is 24.9. The first-order chi connectivity index (χ1) is 41.4. The Bertz CT molecular complexity index is 3840. The molecule has 0 amide bonds. The second kappa shape index (κ2) is 25.0. The van der Waals surface area contributed by atoms with Crippen LogP contribution in [-0.2, 0) is 6.42 Å². The van der Waals surface area contributed by atoms with Crippen molar-refractivity contribution in [3.05, 3.63) is 135 Å². The molecule has 5 N–H and O–H groups in total. The van der Waals surface area contributed by atoms with Crippen LogP contribution < -0.4 is 24.3 Å². The first-order valence-electron chi connectivity index (χ1n) is 30.2. The highest BCUT2D eigenvalue weighted by atomic mass is 35.5. The second-order valence-corrected chi connectivity index (χ2v) is 28.8. The number of alkyl halides is 4. The van der Waals surface area contributed by atoms with E-state index in [1.54, 1.807) is 43.5 Å². The maximum Gasteiger partial charge on any atom is 0.277 e. The zero-order valence-corrected chi connectivity index (χ0v) is 56.1. The number of nitrogens with zero attached hydrogens (tertiary/aromatic N) is 5. The number of phenolic OH excluding ortho intramolecular Hbond substituents is 5. The summed E-state index contributed by atoms with van der Waals surface area (Å²) in [7, 11) is 1.66. The van der Waals surface area contributed by atoms with Gasteiger partial charge in [0.2, 0.25) is 0 Å². The molecule has 88 heavy (non-hydrogen) atoms. The summed E-state index contributed by atoms with van der Waals surface area (Å²) in [5.74, 6) is 4.63. The molecular weight excluding hydrogens is 1190 g/mol. The van der Waals surface area contributed by atoms with E-state index in [9.17, 15) is 35.6 Å². The fraction of sp³-hybridized carbons (Fsp3) is 0.437. The molecular formula is C71H85Cl4N5O8. The number of nitro benzene ring substituents is 1. The van der Waals surface area contributed by atoms with Gasteiger partial charge in [-0.15, -0.1) is 46.4 Å². The molecule has 4 heterocycles. The number of hydrogen-bond acceptors (Lipinski definition) is 12. The quantitative estimate of drug-likeness (QED) is 0.0583. The molecule has 0 unspecified atom stereocenters. The molecule has 4 atom stereocenters. The van der Waals surface area contributed by atoms with Crippen molar-refractivity contribution in [3.8, 4) is 34.5 Å². The van der Waals surface area contributed by atoms with Gasteiger partial charge in [-0.05, 0) is 135 Å². The molecule has 4 aliphatic rings. The minimum Gasteiger partial charge on any atom is -0.507 e. The number of nitro groups is 1. The second-order valence-electron chi connectivity index (χ2n) is 27.6. The van der Waals surface area contributed by atoms with E-state index in [4.69, 9.17) is 51.1 Å². The maximum atomic E-state index is 11.5. The summed E-state index contributed by atoms with van der Waals surface area (Å²) in [6.07, 6.45) is 0.956. The van der Waals surface area contributed by atoms with Crippen molar-refractivity contribution in [2.45, 2.75) is 142 Å². The average molecular weight is 1280 g/mol. The van der Waals surface area contributed by atoms with E-state index in [0.717, 1.165) is 87.2 Å². The Morgan fingerprint density at radius 1 is 0.455 bits per heavy atom. The minimum atomic E-state index is -0.396. The molecule has 0 bridgehead atoms. The third-order valence-electron chi connectivity index (χ3n) is 17.8. The Morgan fingerprint density at radius 3 is 1.11 bits per heavy atom. The molecule has 4 aliphatic heterocycles. The van der Waals surface area contributed by atoms with E-state index in [2.05, 4.69) is 116 Å². The summed E-state index contributed by atoms with van der Waals surface area (Å²) in [6.45, 7) is 31.2. The molecule has 0 aromatic heterocycles. The van der Waals surface area contributed by atoms with E-state index < -0.39 is 4.92 Å². The fourth-order valence-electron chi connectivity index (χ4n) is 13.7. The zero-order chi connectivity index (χ0) is 64.4. The molecule has 13 nitrogen and oxygen atoms in total. The molecule has 8 aromatic rings. The number of rotatable bonds is 7. The molecule has 0 fully saturated rings. The SMILES string of the molecule is CC(C)(C)N1C[C@@H](CCl)c2c1cc(O)c1cccc(O)c21.CC(C)(C)N1C[C@@H](CCl)c2c1cc(O)c1cccc([N+](=O)[O-])c21.CCc1cccc2c(O)cc3c(c12)[C@H](CCl)CN3C(C)(C)C.COc1cccc2c(O)cc3c(c12)[C@H](CCl)CN3C(C)(C)C. The molecule has 0 radical (unpaired) electrons. The van der Waals surface area contributed by atoms with Crippen LogP contribution in [0.25, 0.3) is 43.1 Å². The Labute approximate surface area is 538 Å². The van der Waals surface area contributed by atoms with Crippen LogP contribution in [0, 0.1) is 10.1 Å². The lowest BCUT2D eigenvalue weighted by molar-refractivity contribution is -0.383. The zero-order valence-electron chi connectivity index (χ0n) is 53.1. The van der Waals surface area contributed by atoms with Crippen molar-refractivity contribution in [1.29, 1.82) is 0 Å². The first kappa shape index (κ1) is 65.8. The lowest BCUT2D eigenvalue weighted by Gasteiger charge is -2.35. The van der Waals surface area contributed by atoms with Gasteiger partial charge in [-0.2, -0.15) is 0 Å². The van der Waals surface area contributed by atoms with E-state index in [1.165, 1.54) is 28.1 Å². The smallest absolute Gasteiger partial charge is 0.277 e. The van der Waals surface area contributed by atoms with E-state index in [-0.39, 0.29) is 68.6 Å². The third-order valence-corrected chi connectivity index (χ3v) is 19.3. The molecule has 17 heteroatoms. The maximum absolute atomic E-state index is 11.5. The van der Waals surface area contributed by atoms with Crippen molar-refractivity contribution in [1.82, 2.24) is 0 Å². The summed E-state index contributed by atoms with van der Waals surface area (Å²) in [5, 5.41) is 69.9. The summed E-state index contributed by atoms with van der Waals surface area (Å²) in [6, 6.07) is 29.3. The van der Waals surface area contributed by atoms with Gasteiger partial charge in [-0.1, -0.05) is 61.5 Å². The number of anilines is 4. The van der Waals surface area contributed by atoms with Crippen LogP contribution in [0.4, 0.5) is 28.4 Å². The standard InChI is InChI=1S/C19H24ClNO.C18H22ClNO2.C17H19ClN2O3.C17H20ClNO2/c1-5-12-7-6-8-14-16(22)9-15-18(17(12)14)13(10-20)11-21(15)19(2,3)4;1-18(2,3)20-10-11(9-19)16-13(20)8-14(21)12-6-5-7-15(22-4)17(12)16;1-17(2,3)19-9-10(8-18)15-13(19)7-14(21)11-5-4-6-12(16(11)15)20(22)23;1-17(2,3)19-9-10(8-18)15-12(19)7-14(21)11-5-4-6-13(20)16(11)15/h6-9,13,22H,5,10-11H2,1-4H3;5-8,11,21H,9-10H2,1-4H3;4-7,10,21H,8-9H2,1-3H3;4-7,10,20-21H,8-9H2,1-3H3/t13-;11-;2*10-/m1111/s1. The number of non-ortho nitro benzene ring substituents is 1. The van der Waals surface area contributed by atoms with Gasteiger partial charge in [0.15, 0.2) is 0 Å². The van der Waals surface area contributed by atoms with Crippen LogP contribution >= 0.6 is 46.4 Å². The monoisotopic (exact) mass is 1280 g/mol. The summed E-state index contributed by atoms with van der Waals surface area (Å²) in [4.78, 5) is 20.2. The van der Waals surface area contributed by atoms with Gasteiger partial charge in [0, 0.05) is 181 Å². The van der Waals surface area contributed by atoms with Gasteiger partial charge in [0.1, 0.15) is 34.5 Å². The number of fused-ring (bicyclic) bond motifs is 12. The predicted molar refractivity (Wildman–Crippen MR) is 369 cm³/mol. The highest BCUT2D eigenvalue weighted by Gasteiger charge is 2.42. The van der Waals surface area contributed by atoms with Gasteiger partial charge in [-0.25, -0.2) is 0 Å². The molecule has 12 rings (SSSR count). The first-order valence-corrected chi connectivity index (χ1v) is 32.3. The van der Waals surface area contributed by atoms with E-state index in [0.29, 0.717) is 57.9 Å². The minimum absolute atomic E-state index is 0.00454. The highest BCUT2D eigenvalue weighted by Crippen LogP contribution is 2.54. The highest BCUT2D eigenvalue weighted by molar-refractivity contribution is 6.20. The Kier molecular flexibility index (Phi) is 18.7. The third kappa shape index (κ3) is 12.0. The predicted octanol–water partition coefficient (Wildman–Crippen LogP) is 18.1. The van der Waals surface area contributed by atoms with Gasteiger partial charge in [-0.3, -0.25) is 10.1 Å². The van der Waals surface area contributed by atoms with Crippen LogP contribution in [0.15, 0.2) is 97.1 Å². The van der Waals surface area contributed by atoms with Crippen molar-refractivity contribution in [2.24, 2.45) is 0 Å². The molecule has 0 spiro atoms. The fourth-order valence-corrected chi connectivity index (χ4v) is 14.7. The normalized spacial score (nSPS) is 17.9. The number of halogens is 4. The average Bonchev–Trinajstić information content (AvgIpc) is 2.78. The number of benzene rings is 8. The number of aromatic hydroxyl groups is 5. The lowest BCUT2D eigenvalue weighted by atomic mass is 9.91. The van der Waals surface area contributed by atoms with Crippen LogP contribution in [0.2, 0.25) is 0 Å². The van der Waals surface area contributed by atoms with Crippen LogP contribution in [0.1, 0.15) is 141 Å². The van der Waals surface area contributed by atoms with Gasteiger partial charge in [0.25, 0.3) is 5.69 Å². The van der Waals surface area contributed by atoms with E-state index in [1.807, 2.05) is 48.5 Å². The van der Waals surface area contributed by atoms with Gasteiger partial charge >= 0.3 is 0 Å². The number of ether oxygens (including phenoxy) is 1. The van der Waals surface area contributed by atoms with Crippen molar-refractivity contribution < 1.29 is 35.2 Å². The Balaban J connectivity index is 0.000000140. The molecule has 470 valence electrons. The summed E-state index contributed by atoms with van der Waals surface area (Å²) in [5.41, 5.74) is 9.48. The van der Waals surface area contributed by atoms with Crippen molar-refractivity contribution >= 4 is 118 Å². The summed E-state index contributed by atoms with van der Waals surface area (Å²) < 4.78 is 5.55. The van der Waals surface area contributed by atoms with Gasteiger partial charge < -0.3 is 49.9 Å². The molecule has 0 saturated heterocycles. The topological polar surface area (TPSA) is 166 Å². The Morgan fingerprint density at radius 2 is 0.761 bits per heavy atom. The number of hydrogen-bond donors (Lipinski definition) is 5. The van der Waals surface area contributed by atoms with Crippen LogP contribution in [-0.4, -0.2) is 109 Å². The lowest BCUT2D eigenvalue weighted by Crippen LogP contribution is -2.40. The van der Waals surface area contributed by atoms with Crippen molar-refractivity contribution in [3.63, 3.8) is 0 Å². The Hall–Kier alpha value is -6.64. The number of methoxy groups -OCH3 is 1. The molecule has 0 aliphatic carbocycles. The van der Waals surface area contributed by atoms with E-state index >= 15 is 0 Å². The molecule has 8 aromatic carbocycles. The molecule has 0 saturated carbocycles. The van der Waals surface area contributed by atoms with Crippen LogP contribution in [0.3, 0.4) is 0 Å². The van der Waals surface area contributed by atoms with Gasteiger partial charge in [0.05, 0.1) is 17.4 Å². The number of aryl methyl sites for hydroxylation is 1. The largest absolute Gasteiger partial charge is 0.507 e.